The van der Waals surface area contributed by atoms with Crippen molar-refractivity contribution in [3.05, 3.63) is 29.8 Å². The first-order chi connectivity index (χ1) is 9.69. The van der Waals surface area contributed by atoms with Crippen LogP contribution in [0.2, 0.25) is 0 Å². The molecule has 0 amide bonds. The Kier molecular flexibility index (Phi) is 3.03. The van der Waals surface area contributed by atoms with Gasteiger partial charge in [0.25, 0.3) is 0 Å². The van der Waals surface area contributed by atoms with Gasteiger partial charge in [0, 0.05) is 6.04 Å². The molecule has 2 heteroatoms. The van der Waals surface area contributed by atoms with Crippen molar-refractivity contribution in [2.24, 2.45) is 29.4 Å². The molecule has 0 spiro atoms. The maximum atomic E-state index is 6.43. The molecule has 0 radical (unpaired) electrons. The molecule has 1 aromatic carbocycles. The summed E-state index contributed by atoms with van der Waals surface area (Å²) in [6, 6.07) is 8.47. The Labute approximate surface area is 121 Å². The molecule has 4 saturated carbocycles. The first kappa shape index (κ1) is 12.7. The highest BCUT2D eigenvalue weighted by Crippen LogP contribution is 2.54. The van der Waals surface area contributed by atoms with Crippen LogP contribution in [-0.2, 0) is 0 Å². The number of nitrogens with two attached hydrogens (primary N) is 1. The molecule has 2 N–H and O–H groups in total. The summed E-state index contributed by atoms with van der Waals surface area (Å²) in [5, 5.41) is 0. The molecule has 0 aromatic heterocycles. The fourth-order valence-corrected chi connectivity index (χ4v) is 5.10. The molecule has 4 bridgehead atoms. The molecule has 5 rings (SSSR count). The Bertz CT molecular complexity index is 468. The number of hydrogen-bond acceptors (Lipinski definition) is 2. The van der Waals surface area contributed by atoms with Gasteiger partial charge in [-0.15, -0.1) is 0 Å². The van der Waals surface area contributed by atoms with Crippen molar-refractivity contribution in [1.82, 2.24) is 0 Å². The predicted octanol–water partition coefficient (Wildman–Crippen LogP) is 3.91. The monoisotopic (exact) mass is 271 g/mol. The molecular formula is C18H25NO. The quantitative estimate of drug-likeness (QED) is 0.904. The van der Waals surface area contributed by atoms with E-state index in [1.165, 1.54) is 37.7 Å². The average Bonchev–Trinajstić information content (AvgIpc) is 2.42. The largest absolute Gasteiger partial charge is 0.490 e. The summed E-state index contributed by atoms with van der Waals surface area (Å²) >= 11 is 0. The minimum absolute atomic E-state index is 0.0806. The van der Waals surface area contributed by atoms with Gasteiger partial charge in [0.15, 0.2) is 0 Å². The summed E-state index contributed by atoms with van der Waals surface area (Å²) in [6.07, 6.45) is 7.59. The summed E-state index contributed by atoms with van der Waals surface area (Å²) in [4.78, 5) is 0. The van der Waals surface area contributed by atoms with Gasteiger partial charge in [-0.2, -0.15) is 0 Å². The summed E-state index contributed by atoms with van der Waals surface area (Å²) in [6.45, 7) is 2.03. The maximum absolute atomic E-state index is 6.43. The molecular weight excluding hydrogens is 246 g/mol. The van der Waals surface area contributed by atoms with E-state index in [0.29, 0.717) is 6.10 Å². The van der Waals surface area contributed by atoms with E-state index in [4.69, 9.17) is 10.5 Å². The van der Waals surface area contributed by atoms with Crippen LogP contribution in [-0.4, -0.2) is 6.10 Å². The van der Waals surface area contributed by atoms with Crippen molar-refractivity contribution >= 4 is 0 Å². The minimum atomic E-state index is 0.0806. The van der Waals surface area contributed by atoms with E-state index in [1.54, 1.807) is 0 Å². The smallest absolute Gasteiger partial charge is 0.120 e. The van der Waals surface area contributed by atoms with Crippen LogP contribution in [0.4, 0.5) is 0 Å². The third-order valence-corrected chi connectivity index (χ3v) is 5.80. The van der Waals surface area contributed by atoms with Crippen LogP contribution in [0.5, 0.6) is 5.75 Å². The molecule has 0 aliphatic heterocycles. The number of ether oxygens (including phenoxy) is 1. The fraction of sp³-hybridized carbons (Fsp3) is 0.667. The van der Waals surface area contributed by atoms with E-state index in [-0.39, 0.29) is 6.04 Å². The van der Waals surface area contributed by atoms with Crippen LogP contribution in [0, 0.1) is 23.7 Å². The van der Waals surface area contributed by atoms with Crippen molar-refractivity contribution in [1.29, 1.82) is 0 Å². The highest BCUT2D eigenvalue weighted by molar-refractivity contribution is 5.30. The van der Waals surface area contributed by atoms with Crippen molar-refractivity contribution in [3.63, 3.8) is 0 Å². The summed E-state index contributed by atoms with van der Waals surface area (Å²) < 4.78 is 6.43. The molecule has 4 fully saturated rings. The second-order valence-corrected chi connectivity index (χ2v) is 7.37. The molecule has 4 aliphatic rings. The van der Waals surface area contributed by atoms with Gasteiger partial charge in [-0.25, -0.2) is 0 Å². The van der Waals surface area contributed by atoms with Gasteiger partial charge in [0.05, 0.1) is 0 Å². The summed E-state index contributed by atoms with van der Waals surface area (Å²) in [5.74, 6) is 4.66. The summed E-state index contributed by atoms with van der Waals surface area (Å²) in [5.41, 5.74) is 7.15. The highest BCUT2D eigenvalue weighted by atomic mass is 16.5. The van der Waals surface area contributed by atoms with Gasteiger partial charge in [-0.05, 0) is 80.4 Å². The van der Waals surface area contributed by atoms with Crippen LogP contribution >= 0.6 is 0 Å². The Morgan fingerprint density at radius 1 is 1.05 bits per heavy atom. The second kappa shape index (κ2) is 4.77. The van der Waals surface area contributed by atoms with Gasteiger partial charge >= 0.3 is 0 Å². The lowest BCUT2D eigenvalue weighted by atomic mass is 9.55. The van der Waals surface area contributed by atoms with E-state index >= 15 is 0 Å². The minimum Gasteiger partial charge on any atom is -0.490 e. The number of benzene rings is 1. The standard InChI is InChI=1S/C18H25NO/c1-11(19)14-3-2-4-17(10-14)20-18-15-6-12-5-13(8-15)9-16(18)7-12/h2-4,10-13,15-16,18H,5-9,19H2,1H3. The topological polar surface area (TPSA) is 35.2 Å². The lowest BCUT2D eigenvalue weighted by molar-refractivity contribution is -0.0790. The van der Waals surface area contributed by atoms with E-state index in [9.17, 15) is 0 Å². The first-order valence-corrected chi connectivity index (χ1v) is 8.21. The van der Waals surface area contributed by atoms with Crippen molar-refractivity contribution in [3.8, 4) is 5.75 Å². The van der Waals surface area contributed by atoms with Crippen molar-refractivity contribution in [2.45, 2.75) is 51.2 Å². The van der Waals surface area contributed by atoms with Gasteiger partial charge in [0.2, 0.25) is 0 Å². The van der Waals surface area contributed by atoms with Gasteiger partial charge in [-0.3, -0.25) is 0 Å². The molecule has 1 aromatic rings. The van der Waals surface area contributed by atoms with E-state index in [2.05, 4.69) is 24.3 Å². The van der Waals surface area contributed by atoms with Gasteiger partial charge in [-0.1, -0.05) is 12.1 Å². The highest BCUT2D eigenvalue weighted by Gasteiger charge is 2.49. The Balaban J connectivity index is 1.53. The average molecular weight is 271 g/mol. The Hall–Kier alpha value is -1.02. The van der Waals surface area contributed by atoms with E-state index in [0.717, 1.165) is 29.4 Å². The molecule has 4 aliphatic carbocycles. The predicted molar refractivity (Wildman–Crippen MR) is 80.5 cm³/mol. The number of hydrogen-bond donors (Lipinski definition) is 1. The Morgan fingerprint density at radius 3 is 2.30 bits per heavy atom. The van der Waals surface area contributed by atoms with Crippen LogP contribution < -0.4 is 10.5 Å². The van der Waals surface area contributed by atoms with Crippen molar-refractivity contribution in [2.75, 3.05) is 0 Å². The van der Waals surface area contributed by atoms with Crippen LogP contribution in [0.25, 0.3) is 0 Å². The third-order valence-electron chi connectivity index (χ3n) is 5.80. The van der Waals surface area contributed by atoms with Crippen LogP contribution in [0.15, 0.2) is 24.3 Å². The van der Waals surface area contributed by atoms with Crippen LogP contribution in [0.1, 0.15) is 50.6 Å². The lowest BCUT2D eigenvalue weighted by Gasteiger charge is -2.53. The first-order valence-electron chi connectivity index (χ1n) is 8.21. The van der Waals surface area contributed by atoms with Gasteiger partial charge in [0.1, 0.15) is 11.9 Å². The number of rotatable bonds is 3. The second-order valence-electron chi connectivity index (χ2n) is 7.37. The zero-order chi connectivity index (χ0) is 13.7. The zero-order valence-electron chi connectivity index (χ0n) is 12.3. The zero-order valence-corrected chi connectivity index (χ0v) is 12.3. The molecule has 1 atom stereocenters. The SMILES string of the molecule is CC(N)c1cccc(OC2C3CC4CC(C3)CC2C4)c1. The van der Waals surface area contributed by atoms with Crippen molar-refractivity contribution < 1.29 is 4.74 Å². The molecule has 0 saturated heterocycles. The van der Waals surface area contributed by atoms with E-state index in [1.807, 2.05) is 6.92 Å². The lowest BCUT2D eigenvalue weighted by Crippen LogP contribution is -2.50. The molecule has 108 valence electrons. The molecule has 2 nitrogen and oxygen atoms in total. The normalized spacial score (nSPS) is 39.8. The molecule has 0 heterocycles. The van der Waals surface area contributed by atoms with Gasteiger partial charge < -0.3 is 10.5 Å². The Morgan fingerprint density at radius 2 is 1.70 bits per heavy atom. The third kappa shape index (κ3) is 2.14. The molecule has 20 heavy (non-hydrogen) atoms. The van der Waals surface area contributed by atoms with Crippen LogP contribution in [0.3, 0.4) is 0 Å². The maximum Gasteiger partial charge on any atom is 0.120 e. The summed E-state index contributed by atoms with van der Waals surface area (Å²) in [7, 11) is 0. The fourth-order valence-electron chi connectivity index (χ4n) is 5.10. The molecule has 1 unspecified atom stereocenters. The van der Waals surface area contributed by atoms with E-state index < -0.39 is 0 Å².